The van der Waals surface area contributed by atoms with Crippen LogP contribution in [0.25, 0.3) is 0 Å². The fourth-order valence-corrected chi connectivity index (χ4v) is 6.99. The minimum absolute atomic E-state index is 0.840. The predicted molar refractivity (Wildman–Crippen MR) is 110 cm³/mol. The molecule has 0 saturated heterocycles. The second-order valence-corrected chi connectivity index (χ2v) is 11.0. The van der Waals surface area contributed by atoms with Crippen LogP contribution in [0.1, 0.15) is 0 Å². The van der Waals surface area contributed by atoms with Crippen molar-refractivity contribution in [3.05, 3.63) is 72.8 Å². The van der Waals surface area contributed by atoms with Crippen molar-refractivity contribution < 1.29 is 14.2 Å². The lowest BCUT2D eigenvalue weighted by Crippen LogP contribution is -1.97. The molecule has 0 unspecified atom stereocenters. The van der Waals surface area contributed by atoms with Gasteiger partial charge >= 0.3 is 0 Å². The standard InChI is InChI=1S/C21H21BrO3S/c1-23-16-4-10-19(11-5-16)26(22,20-12-6-17(24-2)7-13-20)21-14-8-18(25-3)9-15-21/h4-15H,1-3H3. The maximum Gasteiger partial charge on any atom is 0.118 e. The Morgan fingerprint density at radius 1 is 0.500 bits per heavy atom. The molecule has 0 aliphatic carbocycles. The molecule has 0 saturated carbocycles. The summed E-state index contributed by atoms with van der Waals surface area (Å²) in [6.45, 7) is 0. The number of hydrogen-bond acceptors (Lipinski definition) is 3. The van der Waals surface area contributed by atoms with E-state index in [0.717, 1.165) is 17.2 Å². The number of rotatable bonds is 6. The van der Waals surface area contributed by atoms with Gasteiger partial charge in [0, 0.05) is 14.7 Å². The van der Waals surface area contributed by atoms with E-state index in [0.29, 0.717) is 0 Å². The molecule has 26 heavy (non-hydrogen) atoms. The monoisotopic (exact) mass is 432 g/mol. The second kappa shape index (κ2) is 8.06. The smallest absolute Gasteiger partial charge is 0.118 e. The van der Waals surface area contributed by atoms with Crippen LogP contribution >= 0.6 is 23.3 Å². The molecule has 0 radical (unpaired) electrons. The zero-order chi connectivity index (χ0) is 18.6. The highest BCUT2D eigenvalue weighted by Gasteiger charge is 2.28. The molecule has 0 N–H and O–H groups in total. The zero-order valence-corrected chi connectivity index (χ0v) is 17.3. The van der Waals surface area contributed by atoms with Crippen LogP contribution in [0.15, 0.2) is 87.5 Å². The highest BCUT2D eigenvalue weighted by Crippen LogP contribution is 2.74. The fourth-order valence-electron chi connectivity index (χ4n) is 2.70. The molecule has 0 fully saturated rings. The van der Waals surface area contributed by atoms with Gasteiger partial charge in [0.25, 0.3) is 0 Å². The normalized spacial score (nSPS) is 11.7. The molecule has 0 aliphatic heterocycles. The largest absolute Gasteiger partial charge is 0.497 e. The highest BCUT2D eigenvalue weighted by molar-refractivity contribution is 9.58. The Labute approximate surface area is 163 Å². The number of halogens is 1. The molecule has 0 amide bonds. The van der Waals surface area contributed by atoms with E-state index < -0.39 is 8.46 Å². The van der Waals surface area contributed by atoms with Gasteiger partial charge in [-0.25, -0.2) is 0 Å². The van der Waals surface area contributed by atoms with E-state index >= 15 is 0 Å². The van der Waals surface area contributed by atoms with Crippen molar-refractivity contribution in [2.75, 3.05) is 21.3 Å². The number of ether oxygens (including phenoxy) is 3. The van der Waals surface area contributed by atoms with Crippen molar-refractivity contribution in [1.82, 2.24) is 0 Å². The van der Waals surface area contributed by atoms with Gasteiger partial charge in [-0.15, -0.1) is 8.46 Å². The molecule has 0 aliphatic rings. The van der Waals surface area contributed by atoms with E-state index in [1.54, 1.807) is 21.3 Å². The molecule has 3 nitrogen and oxygen atoms in total. The van der Waals surface area contributed by atoms with Crippen molar-refractivity contribution in [1.29, 1.82) is 0 Å². The highest BCUT2D eigenvalue weighted by atomic mass is 79.9. The lowest BCUT2D eigenvalue weighted by molar-refractivity contribution is 0.414. The quantitative estimate of drug-likeness (QED) is 0.456. The Morgan fingerprint density at radius 2 is 0.731 bits per heavy atom. The summed E-state index contributed by atoms with van der Waals surface area (Å²) in [4.78, 5) is 3.57. The van der Waals surface area contributed by atoms with Crippen molar-refractivity contribution in [3.8, 4) is 17.2 Å². The van der Waals surface area contributed by atoms with Crippen LogP contribution in [-0.2, 0) is 0 Å². The third-order valence-electron chi connectivity index (χ3n) is 4.15. The van der Waals surface area contributed by atoms with Gasteiger partial charge in [-0.05, 0) is 87.6 Å². The maximum absolute atomic E-state index is 5.31. The second-order valence-electron chi connectivity index (χ2n) is 5.56. The first-order valence-electron chi connectivity index (χ1n) is 8.07. The number of hydrogen-bond donors (Lipinski definition) is 0. The van der Waals surface area contributed by atoms with Crippen molar-refractivity contribution in [2.24, 2.45) is 0 Å². The Hall–Kier alpha value is -2.11. The average Bonchev–Trinajstić information content (AvgIpc) is 2.73. The fraction of sp³-hybridized carbons (Fsp3) is 0.143. The predicted octanol–water partition coefficient (Wildman–Crippen LogP) is 6.30. The van der Waals surface area contributed by atoms with Gasteiger partial charge in [-0.1, -0.05) is 0 Å². The number of methoxy groups -OCH3 is 3. The average molecular weight is 433 g/mol. The molecule has 3 aromatic carbocycles. The summed E-state index contributed by atoms with van der Waals surface area (Å²) in [5, 5.41) is 0. The van der Waals surface area contributed by atoms with E-state index in [9.17, 15) is 0 Å². The Bertz CT molecular complexity index is 730. The van der Waals surface area contributed by atoms with Crippen molar-refractivity contribution >= 4 is 23.3 Å². The number of benzene rings is 3. The van der Waals surface area contributed by atoms with Crippen LogP contribution in [0.3, 0.4) is 0 Å². The van der Waals surface area contributed by atoms with E-state index in [1.165, 1.54) is 14.7 Å². The molecule has 0 bridgehead atoms. The first kappa shape index (κ1) is 18.7. The minimum Gasteiger partial charge on any atom is -0.497 e. The van der Waals surface area contributed by atoms with E-state index in [1.807, 2.05) is 36.4 Å². The van der Waals surface area contributed by atoms with Crippen LogP contribution in [0.2, 0.25) is 0 Å². The molecule has 0 atom stereocenters. The lowest BCUT2D eigenvalue weighted by Gasteiger charge is -2.35. The zero-order valence-electron chi connectivity index (χ0n) is 14.9. The maximum atomic E-state index is 5.31. The molecule has 3 aromatic rings. The van der Waals surface area contributed by atoms with Gasteiger partial charge in [0.2, 0.25) is 0 Å². The Balaban J connectivity index is 2.15. The Kier molecular flexibility index (Phi) is 5.79. The molecule has 0 aromatic heterocycles. The summed E-state index contributed by atoms with van der Waals surface area (Å²) in [6, 6.07) is 24.6. The van der Waals surface area contributed by atoms with Crippen LogP contribution < -0.4 is 14.2 Å². The van der Waals surface area contributed by atoms with Crippen molar-refractivity contribution in [2.45, 2.75) is 14.7 Å². The minimum atomic E-state index is -1.60. The van der Waals surface area contributed by atoms with E-state index in [-0.39, 0.29) is 0 Å². The first-order chi connectivity index (χ1) is 12.6. The molecule has 5 heteroatoms. The summed E-state index contributed by atoms with van der Waals surface area (Å²) in [5.74, 6) is 2.52. The molecule has 0 spiro atoms. The van der Waals surface area contributed by atoms with E-state index in [4.69, 9.17) is 14.2 Å². The van der Waals surface area contributed by atoms with E-state index in [2.05, 4.69) is 51.2 Å². The summed E-state index contributed by atoms with van der Waals surface area (Å²) in [7, 11) is 3.43. The van der Waals surface area contributed by atoms with Gasteiger partial charge in [-0.2, -0.15) is 0 Å². The lowest BCUT2D eigenvalue weighted by atomic mass is 10.3. The Morgan fingerprint density at radius 3 is 0.923 bits per heavy atom. The van der Waals surface area contributed by atoms with Crippen LogP contribution in [0.5, 0.6) is 17.2 Å². The van der Waals surface area contributed by atoms with Gasteiger partial charge in [-0.3, -0.25) is 0 Å². The first-order valence-corrected chi connectivity index (χ1v) is 11.5. The van der Waals surface area contributed by atoms with Gasteiger partial charge < -0.3 is 14.2 Å². The molecular weight excluding hydrogens is 412 g/mol. The van der Waals surface area contributed by atoms with Crippen LogP contribution in [0, 0.1) is 0 Å². The molecule has 3 rings (SSSR count). The van der Waals surface area contributed by atoms with Gasteiger partial charge in [0.15, 0.2) is 0 Å². The third-order valence-corrected chi connectivity index (χ3v) is 10.3. The SMILES string of the molecule is COc1ccc(S(Br)(c2ccc(OC)cc2)c2ccc(OC)cc2)cc1. The summed E-state index contributed by atoms with van der Waals surface area (Å²) in [6.07, 6.45) is 0. The molecular formula is C21H21BrO3S. The molecule has 0 heterocycles. The van der Waals surface area contributed by atoms with Crippen LogP contribution in [-0.4, -0.2) is 21.3 Å². The summed E-state index contributed by atoms with van der Waals surface area (Å²) < 4.78 is 15.9. The summed E-state index contributed by atoms with van der Waals surface area (Å²) in [5.41, 5.74) is 0. The van der Waals surface area contributed by atoms with Gasteiger partial charge in [0.05, 0.1) is 21.3 Å². The summed E-state index contributed by atoms with van der Waals surface area (Å²) >= 11 is 4.11. The molecule has 136 valence electrons. The topological polar surface area (TPSA) is 27.7 Å². The van der Waals surface area contributed by atoms with Crippen LogP contribution in [0.4, 0.5) is 0 Å². The third kappa shape index (κ3) is 3.55. The van der Waals surface area contributed by atoms with Gasteiger partial charge in [0.1, 0.15) is 17.2 Å². The van der Waals surface area contributed by atoms with Crippen molar-refractivity contribution in [3.63, 3.8) is 0 Å².